The van der Waals surface area contributed by atoms with Crippen LogP contribution in [0.25, 0.3) is 0 Å². The van der Waals surface area contributed by atoms with Gasteiger partial charge >= 0.3 is 5.97 Å². The van der Waals surface area contributed by atoms with Gasteiger partial charge in [0.1, 0.15) is 5.75 Å². The van der Waals surface area contributed by atoms with Gasteiger partial charge in [-0.3, -0.25) is 0 Å². The Morgan fingerprint density at radius 1 is 1.20 bits per heavy atom. The van der Waals surface area contributed by atoms with E-state index in [1.54, 1.807) is 31.2 Å². The molecule has 0 bridgehead atoms. The van der Waals surface area contributed by atoms with E-state index in [0.717, 1.165) is 5.69 Å². The average Bonchev–Trinajstić information content (AvgIpc) is 2.46. The number of carbonyl (C=O) groups is 1. The minimum atomic E-state index is -1.00. The molecule has 0 saturated carbocycles. The van der Waals surface area contributed by atoms with E-state index in [4.69, 9.17) is 16.3 Å². The van der Waals surface area contributed by atoms with Crippen LogP contribution >= 0.6 is 11.6 Å². The minimum absolute atomic E-state index is 0.183. The van der Waals surface area contributed by atoms with E-state index in [2.05, 4.69) is 0 Å². The summed E-state index contributed by atoms with van der Waals surface area (Å²) < 4.78 is 5.30. The van der Waals surface area contributed by atoms with Gasteiger partial charge in [0.25, 0.3) is 0 Å². The number of hydrogen-bond acceptors (Lipinski definition) is 3. The van der Waals surface area contributed by atoms with E-state index >= 15 is 0 Å². The van der Waals surface area contributed by atoms with Crippen molar-refractivity contribution in [3.05, 3.63) is 53.1 Å². The molecular formula is C15H14ClNO3. The van der Waals surface area contributed by atoms with E-state index in [1.165, 1.54) is 6.07 Å². The van der Waals surface area contributed by atoms with Crippen molar-refractivity contribution in [2.45, 2.75) is 0 Å². The van der Waals surface area contributed by atoms with Gasteiger partial charge in [-0.25, -0.2) is 4.79 Å². The van der Waals surface area contributed by atoms with Crippen LogP contribution in [-0.4, -0.2) is 25.2 Å². The highest BCUT2D eigenvalue weighted by molar-refractivity contribution is 6.31. The summed E-state index contributed by atoms with van der Waals surface area (Å²) in [4.78, 5) is 13.1. The van der Waals surface area contributed by atoms with Crippen LogP contribution in [-0.2, 0) is 0 Å². The zero-order chi connectivity index (χ0) is 14.7. The number of rotatable bonds is 4. The van der Waals surface area contributed by atoms with Crippen LogP contribution in [0.4, 0.5) is 11.4 Å². The fraction of sp³-hybridized carbons (Fsp3) is 0.133. The molecular weight excluding hydrogens is 278 g/mol. The first-order valence-corrected chi connectivity index (χ1v) is 6.32. The summed E-state index contributed by atoms with van der Waals surface area (Å²) in [5, 5.41) is 9.76. The second-order valence-corrected chi connectivity index (χ2v) is 4.63. The smallest absolute Gasteiger partial charge is 0.337 e. The number of benzene rings is 2. The number of carboxylic acid groups (broad SMARTS) is 1. The molecule has 2 aromatic rings. The lowest BCUT2D eigenvalue weighted by molar-refractivity contribution is 0.0697. The van der Waals surface area contributed by atoms with Gasteiger partial charge in [-0.05, 0) is 30.3 Å². The molecule has 0 aliphatic carbocycles. The lowest BCUT2D eigenvalue weighted by Crippen LogP contribution is -2.14. The van der Waals surface area contributed by atoms with Gasteiger partial charge in [-0.2, -0.15) is 0 Å². The second-order valence-electron chi connectivity index (χ2n) is 4.20. The maximum atomic E-state index is 11.3. The summed E-state index contributed by atoms with van der Waals surface area (Å²) in [5.41, 5.74) is 1.46. The van der Waals surface area contributed by atoms with Crippen LogP contribution < -0.4 is 9.64 Å². The monoisotopic (exact) mass is 291 g/mol. The van der Waals surface area contributed by atoms with Crippen LogP contribution in [0.3, 0.4) is 0 Å². The number of para-hydroxylation sites is 2. The Morgan fingerprint density at radius 3 is 2.55 bits per heavy atom. The Labute approximate surface area is 122 Å². The lowest BCUT2D eigenvalue weighted by atomic mass is 10.1. The fourth-order valence-electron chi connectivity index (χ4n) is 2.00. The quantitative estimate of drug-likeness (QED) is 0.930. The highest BCUT2D eigenvalue weighted by Gasteiger charge is 2.17. The van der Waals surface area contributed by atoms with Crippen molar-refractivity contribution in [3.63, 3.8) is 0 Å². The largest absolute Gasteiger partial charge is 0.495 e. The Bertz CT molecular complexity index is 643. The molecule has 0 saturated heterocycles. The van der Waals surface area contributed by atoms with E-state index < -0.39 is 5.97 Å². The van der Waals surface area contributed by atoms with Crippen molar-refractivity contribution in [3.8, 4) is 5.75 Å². The number of anilines is 2. The zero-order valence-corrected chi connectivity index (χ0v) is 11.9. The van der Waals surface area contributed by atoms with E-state index in [0.29, 0.717) is 16.5 Å². The molecule has 0 heterocycles. The van der Waals surface area contributed by atoms with Crippen molar-refractivity contribution in [1.82, 2.24) is 0 Å². The molecule has 4 nitrogen and oxygen atoms in total. The first-order valence-electron chi connectivity index (χ1n) is 5.94. The molecule has 5 heteroatoms. The summed E-state index contributed by atoms with van der Waals surface area (Å²) in [6, 6.07) is 12.1. The Morgan fingerprint density at radius 2 is 1.90 bits per heavy atom. The first-order chi connectivity index (χ1) is 9.54. The molecule has 0 fully saturated rings. The SMILES string of the molecule is COc1ccccc1N(C)c1cc(Cl)ccc1C(=O)O. The zero-order valence-electron chi connectivity index (χ0n) is 11.1. The average molecular weight is 292 g/mol. The summed E-state index contributed by atoms with van der Waals surface area (Å²) in [7, 11) is 3.35. The molecule has 0 spiro atoms. The van der Waals surface area contributed by atoms with Crippen molar-refractivity contribution < 1.29 is 14.6 Å². The van der Waals surface area contributed by atoms with Crippen LogP contribution in [0.5, 0.6) is 5.75 Å². The van der Waals surface area contributed by atoms with Crippen molar-refractivity contribution >= 4 is 28.9 Å². The third kappa shape index (κ3) is 2.70. The highest BCUT2D eigenvalue weighted by atomic mass is 35.5. The fourth-order valence-corrected chi connectivity index (χ4v) is 2.17. The van der Waals surface area contributed by atoms with Gasteiger partial charge in [0.15, 0.2) is 0 Å². The summed E-state index contributed by atoms with van der Waals surface area (Å²) in [6.07, 6.45) is 0. The van der Waals surface area contributed by atoms with Crippen molar-refractivity contribution in [2.24, 2.45) is 0 Å². The van der Waals surface area contributed by atoms with Crippen LogP contribution in [0, 0.1) is 0 Å². The molecule has 1 N–H and O–H groups in total. The Kier molecular flexibility index (Phi) is 4.15. The Balaban J connectivity index is 2.55. The molecule has 0 unspecified atom stereocenters. The summed E-state index contributed by atoms with van der Waals surface area (Å²) >= 11 is 5.98. The third-order valence-corrected chi connectivity index (χ3v) is 3.23. The van der Waals surface area contributed by atoms with Gasteiger partial charge in [-0.1, -0.05) is 23.7 Å². The predicted octanol–water partition coefficient (Wildman–Crippen LogP) is 3.81. The van der Waals surface area contributed by atoms with Gasteiger partial charge in [0.05, 0.1) is 24.0 Å². The highest BCUT2D eigenvalue weighted by Crippen LogP contribution is 2.35. The topological polar surface area (TPSA) is 49.8 Å². The maximum absolute atomic E-state index is 11.3. The van der Waals surface area contributed by atoms with Crippen LogP contribution in [0.2, 0.25) is 5.02 Å². The number of methoxy groups -OCH3 is 1. The third-order valence-electron chi connectivity index (χ3n) is 3.00. The van der Waals surface area contributed by atoms with Crippen LogP contribution in [0.1, 0.15) is 10.4 Å². The lowest BCUT2D eigenvalue weighted by Gasteiger charge is -2.23. The number of halogens is 1. The molecule has 0 radical (unpaired) electrons. The molecule has 2 rings (SSSR count). The van der Waals surface area contributed by atoms with Gasteiger partial charge in [0, 0.05) is 12.1 Å². The number of carboxylic acids is 1. The number of ether oxygens (including phenoxy) is 1. The molecule has 0 aromatic heterocycles. The summed E-state index contributed by atoms with van der Waals surface area (Å²) in [6.45, 7) is 0. The van der Waals surface area contributed by atoms with E-state index in [-0.39, 0.29) is 5.56 Å². The molecule has 2 aromatic carbocycles. The van der Waals surface area contributed by atoms with E-state index in [9.17, 15) is 9.90 Å². The van der Waals surface area contributed by atoms with E-state index in [1.807, 2.05) is 24.3 Å². The number of nitrogens with zero attached hydrogens (tertiary/aromatic N) is 1. The number of aromatic carboxylic acids is 1. The van der Waals surface area contributed by atoms with Gasteiger partial charge in [0.2, 0.25) is 0 Å². The normalized spacial score (nSPS) is 10.2. The van der Waals surface area contributed by atoms with Crippen molar-refractivity contribution in [2.75, 3.05) is 19.1 Å². The molecule has 0 atom stereocenters. The molecule has 0 aliphatic heterocycles. The maximum Gasteiger partial charge on any atom is 0.337 e. The van der Waals surface area contributed by atoms with Gasteiger partial charge < -0.3 is 14.7 Å². The van der Waals surface area contributed by atoms with Gasteiger partial charge in [-0.15, -0.1) is 0 Å². The summed E-state index contributed by atoms with van der Waals surface area (Å²) in [5.74, 6) is -0.343. The van der Waals surface area contributed by atoms with Crippen LogP contribution in [0.15, 0.2) is 42.5 Å². The number of hydrogen-bond donors (Lipinski definition) is 1. The molecule has 0 aliphatic rings. The molecule has 20 heavy (non-hydrogen) atoms. The predicted molar refractivity (Wildman–Crippen MR) is 79.5 cm³/mol. The minimum Gasteiger partial charge on any atom is -0.495 e. The molecule has 0 amide bonds. The second kappa shape index (κ2) is 5.84. The Hall–Kier alpha value is -2.20. The first kappa shape index (κ1) is 14.2. The van der Waals surface area contributed by atoms with Crippen molar-refractivity contribution in [1.29, 1.82) is 0 Å². The standard InChI is InChI=1S/C15H14ClNO3/c1-17(12-5-3-4-6-14(12)20-2)13-9-10(16)7-8-11(13)15(18)19/h3-9H,1-2H3,(H,18,19). The molecule has 104 valence electrons.